The van der Waals surface area contributed by atoms with Crippen molar-refractivity contribution in [3.63, 3.8) is 0 Å². The van der Waals surface area contributed by atoms with E-state index in [0.29, 0.717) is 24.5 Å². The fourth-order valence-electron chi connectivity index (χ4n) is 7.52. The third-order valence-electron chi connectivity index (χ3n) is 11.3. The Balaban J connectivity index is 1.84. The molecule has 0 radical (unpaired) electrons. The Morgan fingerprint density at radius 1 is 0.765 bits per heavy atom. The van der Waals surface area contributed by atoms with Crippen molar-refractivity contribution in [2.75, 3.05) is 0 Å². The van der Waals surface area contributed by atoms with Gasteiger partial charge in [-0.15, -0.1) is 0 Å². The molecule has 0 amide bonds. The molecular weight excluding hydrogens is 629 g/mol. The summed E-state index contributed by atoms with van der Waals surface area (Å²) in [4.78, 5) is 13.2. The molecule has 1 aromatic rings. The normalized spacial score (nSPS) is 18.9. The summed E-state index contributed by atoms with van der Waals surface area (Å²) >= 11 is 0. The lowest BCUT2D eigenvalue weighted by molar-refractivity contribution is -0.163. The molecule has 1 heterocycles. The molecule has 0 saturated carbocycles. The lowest BCUT2D eigenvalue weighted by Crippen LogP contribution is -2.51. The van der Waals surface area contributed by atoms with Gasteiger partial charge in [0.25, 0.3) is 0 Å². The van der Waals surface area contributed by atoms with Crippen molar-refractivity contribution in [3.8, 4) is 11.5 Å². The summed E-state index contributed by atoms with van der Waals surface area (Å²) in [5, 5.41) is 10.8. The summed E-state index contributed by atoms with van der Waals surface area (Å²) in [6.45, 7) is 19.7. The number of unbranched alkanes of at least 4 members (excludes halogenated alkanes) is 5. The van der Waals surface area contributed by atoms with Crippen LogP contribution < -0.4 is 4.74 Å². The van der Waals surface area contributed by atoms with Crippen LogP contribution in [0.1, 0.15) is 186 Å². The SMILES string of the molecule is CC/C=C\C/C=C\C/C=C\CCCCCCCC(=O)OC1Cc2c(C)c(O)c(C)c(C)c2O[C@@]1(C)CCC[C@H](C)CCC[C@@H](C)CCCC(C)C. The van der Waals surface area contributed by atoms with Gasteiger partial charge < -0.3 is 14.6 Å². The molecule has 0 bridgehead atoms. The van der Waals surface area contributed by atoms with E-state index in [2.05, 4.69) is 78.0 Å². The lowest BCUT2D eigenvalue weighted by atomic mass is 9.81. The van der Waals surface area contributed by atoms with Crippen molar-refractivity contribution in [3.05, 3.63) is 58.7 Å². The second-order valence-electron chi connectivity index (χ2n) is 16.6. The molecule has 51 heavy (non-hydrogen) atoms. The highest BCUT2D eigenvalue weighted by molar-refractivity contribution is 5.70. The maximum absolute atomic E-state index is 13.2. The Morgan fingerprint density at radius 3 is 1.98 bits per heavy atom. The first-order chi connectivity index (χ1) is 24.4. The molecule has 2 rings (SSSR count). The topological polar surface area (TPSA) is 55.8 Å². The number of carbonyl (C=O) groups excluding carboxylic acids is 1. The van der Waals surface area contributed by atoms with Gasteiger partial charge in [0.1, 0.15) is 23.2 Å². The summed E-state index contributed by atoms with van der Waals surface area (Å²) in [7, 11) is 0. The van der Waals surface area contributed by atoms with E-state index in [1.54, 1.807) is 0 Å². The van der Waals surface area contributed by atoms with Crippen LogP contribution in [0.15, 0.2) is 36.5 Å². The number of hydrogen-bond acceptors (Lipinski definition) is 4. The van der Waals surface area contributed by atoms with Crippen molar-refractivity contribution in [1.82, 2.24) is 0 Å². The second kappa shape index (κ2) is 24.7. The van der Waals surface area contributed by atoms with E-state index in [1.807, 2.05) is 20.8 Å². The third kappa shape index (κ3) is 16.8. The fourth-order valence-corrected chi connectivity index (χ4v) is 7.52. The van der Waals surface area contributed by atoms with Crippen LogP contribution in [0.25, 0.3) is 0 Å². The van der Waals surface area contributed by atoms with Crippen LogP contribution in [0.3, 0.4) is 0 Å². The van der Waals surface area contributed by atoms with Crippen molar-refractivity contribution in [2.45, 2.75) is 202 Å². The number of aromatic hydroxyl groups is 1. The van der Waals surface area contributed by atoms with E-state index in [4.69, 9.17) is 9.47 Å². The molecule has 0 spiro atoms. The predicted molar refractivity (Wildman–Crippen MR) is 219 cm³/mol. The van der Waals surface area contributed by atoms with Gasteiger partial charge in [0.15, 0.2) is 0 Å². The first-order valence-corrected chi connectivity index (χ1v) is 21.0. The van der Waals surface area contributed by atoms with Gasteiger partial charge >= 0.3 is 5.97 Å². The summed E-state index contributed by atoms with van der Waals surface area (Å²) in [6.07, 6.45) is 34.9. The minimum Gasteiger partial charge on any atom is -0.507 e. The first-order valence-electron chi connectivity index (χ1n) is 21.0. The fraction of sp³-hybridized carbons (Fsp3) is 0.723. The van der Waals surface area contributed by atoms with Crippen LogP contribution >= 0.6 is 0 Å². The molecule has 4 nitrogen and oxygen atoms in total. The molecule has 290 valence electrons. The highest BCUT2D eigenvalue weighted by atomic mass is 16.6. The van der Waals surface area contributed by atoms with E-state index in [-0.39, 0.29) is 12.1 Å². The van der Waals surface area contributed by atoms with Crippen molar-refractivity contribution < 1.29 is 19.4 Å². The third-order valence-corrected chi connectivity index (χ3v) is 11.3. The minimum atomic E-state index is -0.594. The number of fused-ring (bicyclic) bond motifs is 1. The van der Waals surface area contributed by atoms with Crippen LogP contribution in [0.2, 0.25) is 0 Å². The average molecular weight is 707 g/mol. The largest absolute Gasteiger partial charge is 0.507 e. The summed E-state index contributed by atoms with van der Waals surface area (Å²) in [5.41, 5.74) is 3.09. The number of carbonyl (C=O) groups is 1. The van der Waals surface area contributed by atoms with E-state index < -0.39 is 5.60 Å². The summed E-state index contributed by atoms with van der Waals surface area (Å²) in [5.74, 6) is 3.38. The monoisotopic (exact) mass is 707 g/mol. The van der Waals surface area contributed by atoms with Gasteiger partial charge in [0, 0.05) is 18.4 Å². The summed E-state index contributed by atoms with van der Waals surface area (Å²) in [6, 6.07) is 0. The molecule has 0 saturated heterocycles. The zero-order valence-electron chi connectivity index (χ0n) is 34.6. The molecule has 1 aliphatic heterocycles. The van der Waals surface area contributed by atoms with E-state index in [9.17, 15) is 9.90 Å². The van der Waals surface area contributed by atoms with Gasteiger partial charge in [-0.2, -0.15) is 0 Å². The average Bonchev–Trinajstić information content (AvgIpc) is 3.08. The maximum atomic E-state index is 13.2. The molecular formula is C47H78O4. The number of rotatable bonds is 26. The number of hydrogen-bond donors (Lipinski definition) is 1. The highest BCUT2D eigenvalue weighted by Gasteiger charge is 2.44. The zero-order valence-corrected chi connectivity index (χ0v) is 34.6. The first kappa shape index (κ1) is 44.7. The van der Waals surface area contributed by atoms with E-state index in [1.165, 1.54) is 51.4 Å². The van der Waals surface area contributed by atoms with Crippen LogP contribution in [0.4, 0.5) is 0 Å². The number of allylic oxidation sites excluding steroid dienone is 6. The summed E-state index contributed by atoms with van der Waals surface area (Å²) < 4.78 is 13.1. The predicted octanol–water partition coefficient (Wildman–Crippen LogP) is 14.0. The molecule has 4 heteroatoms. The molecule has 1 N–H and O–H groups in total. The van der Waals surface area contributed by atoms with Gasteiger partial charge in [-0.25, -0.2) is 0 Å². The molecule has 1 unspecified atom stereocenters. The van der Waals surface area contributed by atoms with Crippen LogP contribution in [-0.2, 0) is 16.0 Å². The highest BCUT2D eigenvalue weighted by Crippen LogP contribution is 2.45. The Morgan fingerprint density at radius 2 is 1.33 bits per heavy atom. The van der Waals surface area contributed by atoms with Crippen molar-refractivity contribution in [1.29, 1.82) is 0 Å². The molecule has 0 aromatic heterocycles. The second-order valence-corrected chi connectivity index (χ2v) is 16.6. The molecule has 1 aliphatic rings. The standard InChI is InChI=1S/C47H78O4/c1-10-11-12-13-14-15-16-17-18-19-20-21-22-23-24-33-44(48)50-43-35-42-41(8)45(49)39(6)40(7)46(42)51-47(43,9)34-27-32-38(5)31-26-30-37(4)29-25-28-36(2)3/h11-12,14-15,17-18,36-38,43,49H,10,13,16,19-35H2,1-9H3/b12-11-,15-14-,18-17-/t37-,38+,43?,47-/m0/s1. The molecule has 1 aromatic carbocycles. The van der Waals surface area contributed by atoms with Crippen LogP contribution in [0, 0.1) is 38.5 Å². The van der Waals surface area contributed by atoms with E-state index in [0.717, 1.165) is 104 Å². The van der Waals surface area contributed by atoms with Gasteiger partial charge in [0.2, 0.25) is 0 Å². The smallest absolute Gasteiger partial charge is 0.306 e. The van der Waals surface area contributed by atoms with Crippen LogP contribution in [0.5, 0.6) is 11.5 Å². The number of phenols is 1. The number of benzene rings is 1. The Kier molecular flexibility index (Phi) is 21.6. The van der Waals surface area contributed by atoms with Crippen LogP contribution in [-0.4, -0.2) is 22.8 Å². The number of phenolic OH excluding ortho intramolecular Hbond substituents is 1. The van der Waals surface area contributed by atoms with Gasteiger partial charge in [0.05, 0.1) is 0 Å². The lowest BCUT2D eigenvalue weighted by Gasteiger charge is -2.43. The molecule has 0 fully saturated rings. The molecule has 4 atom stereocenters. The number of ether oxygens (including phenoxy) is 2. The Hall–Kier alpha value is -2.49. The molecule has 0 aliphatic carbocycles. The Labute approximate surface area is 315 Å². The number of esters is 1. The van der Waals surface area contributed by atoms with Gasteiger partial charge in [-0.05, 0) is 114 Å². The van der Waals surface area contributed by atoms with Gasteiger partial charge in [-0.3, -0.25) is 4.79 Å². The van der Waals surface area contributed by atoms with Crippen molar-refractivity contribution in [2.24, 2.45) is 17.8 Å². The Bertz CT molecular complexity index is 1220. The van der Waals surface area contributed by atoms with Crippen molar-refractivity contribution >= 4 is 5.97 Å². The maximum Gasteiger partial charge on any atom is 0.306 e. The zero-order chi connectivity index (χ0) is 37.6. The van der Waals surface area contributed by atoms with E-state index >= 15 is 0 Å². The van der Waals surface area contributed by atoms with Gasteiger partial charge in [-0.1, -0.05) is 135 Å². The quantitative estimate of drug-likeness (QED) is 0.0592. The minimum absolute atomic E-state index is 0.124.